The first-order valence-corrected chi connectivity index (χ1v) is 9.61. The van der Waals surface area contributed by atoms with E-state index >= 15 is 0 Å². The fourth-order valence-electron chi connectivity index (χ4n) is 3.21. The van der Waals surface area contributed by atoms with E-state index in [2.05, 4.69) is 34.6 Å². The van der Waals surface area contributed by atoms with Crippen LogP contribution in [0.3, 0.4) is 0 Å². The summed E-state index contributed by atoms with van der Waals surface area (Å²) >= 11 is 0. The number of halogens is 2. The summed E-state index contributed by atoms with van der Waals surface area (Å²) in [7, 11) is 5.99. The Morgan fingerprint density at radius 1 is 1.32 bits per heavy atom. The van der Waals surface area contributed by atoms with Crippen molar-refractivity contribution in [1.82, 2.24) is 15.5 Å². The van der Waals surface area contributed by atoms with Crippen molar-refractivity contribution in [2.24, 2.45) is 4.99 Å². The third-order valence-electron chi connectivity index (χ3n) is 5.23. The highest BCUT2D eigenvalue weighted by Gasteiger charge is 2.34. The lowest BCUT2D eigenvalue weighted by Crippen LogP contribution is -2.57. The molecular weight excluding hydrogens is 474 g/mol. The number of likely N-dealkylation sites (N-methyl/N-ethyl adjacent to an activating group) is 1. The Kier molecular flexibility index (Phi) is 11.1. The summed E-state index contributed by atoms with van der Waals surface area (Å²) in [6.07, 6.45) is 2.71. The normalized spacial score (nSPS) is 17.6. The Morgan fingerprint density at radius 2 is 2.04 bits per heavy atom. The van der Waals surface area contributed by atoms with Gasteiger partial charge in [0.05, 0.1) is 6.54 Å². The van der Waals surface area contributed by atoms with Gasteiger partial charge in [-0.2, -0.15) is 0 Å². The second-order valence-electron chi connectivity index (χ2n) is 7.14. The molecule has 1 aliphatic heterocycles. The number of aliphatic imine (C=N–C) groups is 1. The maximum atomic E-state index is 13.3. The molecule has 0 spiro atoms. The van der Waals surface area contributed by atoms with Crippen LogP contribution in [0, 0.1) is 5.82 Å². The average Bonchev–Trinajstić information content (AvgIpc) is 2.67. The highest BCUT2D eigenvalue weighted by Crippen LogP contribution is 2.25. The molecule has 28 heavy (non-hydrogen) atoms. The number of hydrogen-bond acceptors (Lipinski definition) is 4. The molecular formula is C20H34FIN4O2. The van der Waals surface area contributed by atoms with Crippen LogP contribution >= 0.6 is 24.0 Å². The predicted octanol–water partition coefficient (Wildman–Crippen LogP) is 2.88. The van der Waals surface area contributed by atoms with E-state index in [-0.39, 0.29) is 41.4 Å². The summed E-state index contributed by atoms with van der Waals surface area (Å²) < 4.78 is 24.7. The second-order valence-corrected chi connectivity index (χ2v) is 7.14. The number of nitrogens with one attached hydrogen (secondary N) is 2. The fraction of sp³-hybridized carbons (Fsp3) is 0.650. The molecule has 2 rings (SSSR count). The fourth-order valence-corrected chi connectivity index (χ4v) is 3.21. The molecule has 0 amide bonds. The zero-order chi connectivity index (χ0) is 19.7. The van der Waals surface area contributed by atoms with Gasteiger partial charge in [-0.25, -0.2) is 4.39 Å². The summed E-state index contributed by atoms with van der Waals surface area (Å²) in [6.45, 7) is 5.00. The van der Waals surface area contributed by atoms with Crippen molar-refractivity contribution in [3.63, 3.8) is 0 Å². The number of nitrogens with zero attached hydrogens (tertiary/aromatic N) is 2. The van der Waals surface area contributed by atoms with Crippen LogP contribution in [0.15, 0.2) is 29.3 Å². The summed E-state index contributed by atoms with van der Waals surface area (Å²) in [5, 5.41) is 6.76. The largest absolute Gasteiger partial charge is 0.489 e. The standard InChI is InChI=1S/C20H33FN4O2.HI/c1-5-17(27-18-8-6-7-16(21)13-18)14-23-19(22-2)24-15-20(25(3)4)9-11-26-12-10-20;/h6-8,13,17H,5,9-12,14-15H2,1-4H3,(H2,22,23,24);1H. The number of rotatable bonds is 8. The molecule has 1 unspecified atom stereocenters. The Hall–Kier alpha value is -1.13. The highest BCUT2D eigenvalue weighted by atomic mass is 127. The minimum absolute atomic E-state index is 0. The van der Waals surface area contributed by atoms with E-state index in [1.54, 1.807) is 19.2 Å². The molecule has 0 radical (unpaired) electrons. The highest BCUT2D eigenvalue weighted by molar-refractivity contribution is 14.0. The molecule has 1 heterocycles. The van der Waals surface area contributed by atoms with Crippen LogP contribution in [-0.4, -0.2) is 69.9 Å². The van der Waals surface area contributed by atoms with Crippen molar-refractivity contribution in [2.45, 2.75) is 37.8 Å². The van der Waals surface area contributed by atoms with Gasteiger partial charge in [-0.1, -0.05) is 13.0 Å². The van der Waals surface area contributed by atoms with Crippen LogP contribution in [0.4, 0.5) is 4.39 Å². The van der Waals surface area contributed by atoms with Crippen LogP contribution in [0.1, 0.15) is 26.2 Å². The first-order chi connectivity index (χ1) is 13.0. The van der Waals surface area contributed by atoms with E-state index in [0.717, 1.165) is 45.0 Å². The topological polar surface area (TPSA) is 58.1 Å². The van der Waals surface area contributed by atoms with Gasteiger partial charge < -0.3 is 25.0 Å². The van der Waals surface area contributed by atoms with Gasteiger partial charge in [0.2, 0.25) is 0 Å². The lowest BCUT2D eigenvalue weighted by molar-refractivity contribution is -0.00502. The van der Waals surface area contributed by atoms with Gasteiger partial charge in [0.15, 0.2) is 5.96 Å². The second kappa shape index (κ2) is 12.4. The molecule has 1 fully saturated rings. The zero-order valence-electron chi connectivity index (χ0n) is 17.3. The first-order valence-electron chi connectivity index (χ1n) is 9.61. The third kappa shape index (κ3) is 7.36. The quantitative estimate of drug-likeness (QED) is 0.322. The van der Waals surface area contributed by atoms with Crippen LogP contribution in [0.2, 0.25) is 0 Å². The van der Waals surface area contributed by atoms with Gasteiger partial charge in [-0.15, -0.1) is 24.0 Å². The van der Waals surface area contributed by atoms with E-state index in [1.807, 2.05) is 6.92 Å². The molecule has 160 valence electrons. The maximum absolute atomic E-state index is 13.3. The minimum atomic E-state index is -0.293. The van der Waals surface area contributed by atoms with Crippen molar-refractivity contribution < 1.29 is 13.9 Å². The Morgan fingerprint density at radius 3 is 2.61 bits per heavy atom. The third-order valence-corrected chi connectivity index (χ3v) is 5.23. The number of benzene rings is 1. The van der Waals surface area contributed by atoms with Crippen molar-refractivity contribution in [3.8, 4) is 5.75 Å². The van der Waals surface area contributed by atoms with E-state index in [4.69, 9.17) is 9.47 Å². The van der Waals surface area contributed by atoms with E-state index in [0.29, 0.717) is 12.3 Å². The smallest absolute Gasteiger partial charge is 0.191 e. The molecule has 0 saturated carbocycles. The van der Waals surface area contributed by atoms with Gasteiger partial charge in [-0.3, -0.25) is 4.99 Å². The van der Waals surface area contributed by atoms with E-state index in [1.165, 1.54) is 12.1 Å². The minimum Gasteiger partial charge on any atom is -0.489 e. The van der Waals surface area contributed by atoms with Crippen molar-refractivity contribution in [1.29, 1.82) is 0 Å². The van der Waals surface area contributed by atoms with E-state index in [9.17, 15) is 4.39 Å². The molecule has 1 aromatic carbocycles. The SMILES string of the molecule is CCC(CNC(=NC)NCC1(N(C)C)CCOCC1)Oc1cccc(F)c1.I. The summed E-state index contributed by atoms with van der Waals surface area (Å²) in [5.74, 6) is 0.989. The molecule has 1 saturated heterocycles. The molecule has 2 N–H and O–H groups in total. The molecule has 1 aliphatic rings. The number of ether oxygens (including phenoxy) is 2. The van der Waals surface area contributed by atoms with Crippen LogP contribution in [0.25, 0.3) is 0 Å². The first kappa shape index (κ1) is 24.9. The Bertz CT molecular complexity index is 610. The van der Waals surface area contributed by atoms with Crippen LogP contribution in [0.5, 0.6) is 5.75 Å². The number of hydrogen-bond donors (Lipinski definition) is 2. The van der Waals surface area contributed by atoms with Crippen LogP contribution < -0.4 is 15.4 Å². The molecule has 8 heteroatoms. The summed E-state index contributed by atoms with van der Waals surface area (Å²) in [5.41, 5.74) is 0.0676. The molecule has 1 aromatic rings. The zero-order valence-corrected chi connectivity index (χ0v) is 19.7. The van der Waals surface area contributed by atoms with Gasteiger partial charge in [0, 0.05) is 38.4 Å². The van der Waals surface area contributed by atoms with Crippen molar-refractivity contribution in [3.05, 3.63) is 30.1 Å². The van der Waals surface area contributed by atoms with Crippen molar-refractivity contribution in [2.75, 3.05) is 47.4 Å². The van der Waals surface area contributed by atoms with Gasteiger partial charge in [-0.05, 0) is 45.5 Å². The maximum Gasteiger partial charge on any atom is 0.191 e. The van der Waals surface area contributed by atoms with Crippen molar-refractivity contribution >= 4 is 29.9 Å². The molecule has 0 aliphatic carbocycles. The predicted molar refractivity (Wildman–Crippen MR) is 122 cm³/mol. The average molecular weight is 508 g/mol. The number of guanidine groups is 1. The molecule has 6 nitrogen and oxygen atoms in total. The Balaban J connectivity index is 0.00000392. The lowest BCUT2D eigenvalue weighted by Gasteiger charge is -2.43. The lowest BCUT2D eigenvalue weighted by atomic mass is 9.88. The monoisotopic (exact) mass is 508 g/mol. The molecule has 0 bridgehead atoms. The summed E-state index contributed by atoms with van der Waals surface area (Å²) in [4.78, 5) is 6.59. The van der Waals surface area contributed by atoms with Gasteiger partial charge in [0.1, 0.15) is 17.7 Å². The van der Waals surface area contributed by atoms with Crippen LogP contribution in [-0.2, 0) is 4.74 Å². The molecule has 1 atom stereocenters. The Labute approximate surface area is 185 Å². The van der Waals surface area contributed by atoms with Gasteiger partial charge >= 0.3 is 0 Å². The summed E-state index contributed by atoms with van der Waals surface area (Å²) in [6, 6.07) is 6.24. The van der Waals surface area contributed by atoms with E-state index < -0.39 is 0 Å². The van der Waals surface area contributed by atoms with Gasteiger partial charge in [0.25, 0.3) is 0 Å². The molecule has 0 aromatic heterocycles.